The Balaban J connectivity index is 1.60. The SMILES string of the molecule is C[C@@H](O[C@H]1CC[C@@H](CN2CCC[C@@](C)(C(=O)O)C2)[C@@H]1c1ccc(F)cc1)c1cc(C(F)(F)F)cc(C(F)(F)F)c1. The highest BCUT2D eigenvalue weighted by molar-refractivity contribution is 5.74. The molecule has 2 aliphatic rings. The molecule has 0 unspecified atom stereocenters. The number of benzene rings is 2. The third-order valence-electron chi connectivity index (χ3n) is 8.23. The predicted octanol–water partition coefficient (Wildman–Crippen LogP) is 7.69. The zero-order valence-electron chi connectivity index (χ0n) is 22.2. The second-order valence-electron chi connectivity index (χ2n) is 11.3. The number of halogens is 7. The van der Waals surface area contributed by atoms with E-state index >= 15 is 0 Å². The number of likely N-dealkylation sites (tertiary alicyclic amines) is 1. The van der Waals surface area contributed by atoms with Crippen LogP contribution < -0.4 is 0 Å². The number of carboxylic acids is 1. The third-order valence-corrected chi connectivity index (χ3v) is 8.23. The molecule has 1 saturated carbocycles. The van der Waals surface area contributed by atoms with Crippen LogP contribution in [0.1, 0.15) is 73.8 Å². The average molecular weight is 576 g/mol. The summed E-state index contributed by atoms with van der Waals surface area (Å²) in [5.41, 5.74) is -3.18. The van der Waals surface area contributed by atoms with Crippen LogP contribution in [0, 0.1) is 17.2 Å². The van der Waals surface area contributed by atoms with Gasteiger partial charge in [0.25, 0.3) is 0 Å². The quantitative estimate of drug-likeness (QED) is 0.344. The van der Waals surface area contributed by atoms with E-state index in [4.69, 9.17) is 4.74 Å². The van der Waals surface area contributed by atoms with Crippen LogP contribution in [0.25, 0.3) is 0 Å². The third kappa shape index (κ3) is 6.79. The van der Waals surface area contributed by atoms with Crippen molar-refractivity contribution in [1.82, 2.24) is 4.90 Å². The lowest BCUT2D eigenvalue weighted by Gasteiger charge is -2.39. The lowest BCUT2D eigenvalue weighted by Crippen LogP contribution is -2.47. The Kier molecular flexibility index (Phi) is 8.57. The summed E-state index contributed by atoms with van der Waals surface area (Å²) in [7, 11) is 0. The van der Waals surface area contributed by atoms with E-state index in [1.807, 2.05) is 0 Å². The molecule has 1 heterocycles. The Morgan fingerprint density at radius 3 is 2.20 bits per heavy atom. The van der Waals surface area contributed by atoms with Crippen molar-refractivity contribution < 1.29 is 45.4 Å². The van der Waals surface area contributed by atoms with Crippen LogP contribution in [0.15, 0.2) is 42.5 Å². The lowest BCUT2D eigenvalue weighted by molar-refractivity contribution is -0.151. The maximum absolute atomic E-state index is 13.7. The van der Waals surface area contributed by atoms with Gasteiger partial charge in [0.05, 0.1) is 28.7 Å². The summed E-state index contributed by atoms with van der Waals surface area (Å²) in [5.74, 6) is -1.66. The van der Waals surface area contributed by atoms with Gasteiger partial charge in [0.15, 0.2) is 0 Å². The maximum Gasteiger partial charge on any atom is 0.416 e. The summed E-state index contributed by atoms with van der Waals surface area (Å²) >= 11 is 0. The topological polar surface area (TPSA) is 49.8 Å². The van der Waals surface area contributed by atoms with Crippen molar-refractivity contribution in [2.75, 3.05) is 19.6 Å². The van der Waals surface area contributed by atoms with Crippen LogP contribution in [0.5, 0.6) is 0 Å². The first kappa shape index (κ1) is 30.3. The van der Waals surface area contributed by atoms with Crippen LogP contribution in [0.4, 0.5) is 30.7 Å². The van der Waals surface area contributed by atoms with Gasteiger partial charge in [-0.15, -0.1) is 0 Å². The number of hydrogen-bond acceptors (Lipinski definition) is 3. The Morgan fingerprint density at radius 1 is 1.05 bits per heavy atom. The highest BCUT2D eigenvalue weighted by Gasteiger charge is 2.43. The van der Waals surface area contributed by atoms with Gasteiger partial charge in [0.1, 0.15) is 5.82 Å². The molecule has 0 radical (unpaired) electrons. The van der Waals surface area contributed by atoms with Gasteiger partial charge in [-0.1, -0.05) is 12.1 Å². The molecule has 0 amide bonds. The molecular formula is C29H32F7NO3. The molecule has 1 N–H and O–H groups in total. The summed E-state index contributed by atoms with van der Waals surface area (Å²) in [6, 6.07) is 7.28. The molecule has 0 bridgehead atoms. The molecule has 40 heavy (non-hydrogen) atoms. The van der Waals surface area contributed by atoms with Crippen molar-refractivity contribution in [3.05, 3.63) is 70.5 Å². The smallest absolute Gasteiger partial charge is 0.416 e. The number of ether oxygens (including phenoxy) is 1. The molecule has 0 aromatic heterocycles. The summed E-state index contributed by atoms with van der Waals surface area (Å²) in [6.45, 7) is 4.75. The fourth-order valence-corrected chi connectivity index (χ4v) is 6.13. The predicted molar refractivity (Wildman–Crippen MR) is 133 cm³/mol. The normalized spacial score (nSPS) is 27.1. The highest BCUT2D eigenvalue weighted by Crippen LogP contribution is 2.45. The van der Waals surface area contributed by atoms with E-state index in [0.29, 0.717) is 57.5 Å². The molecule has 11 heteroatoms. The molecule has 2 aromatic rings. The zero-order valence-corrected chi connectivity index (χ0v) is 22.2. The van der Waals surface area contributed by atoms with E-state index in [0.717, 1.165) is 5.56 Å². The average Bonchev–Trinajstić information content (AvgIpc) is 3.24. The van der Waals surface area contributed by atoms with Crippen molar-refractivity contribution in [3.63, 3.8) is 0 Å². The first-order valence-electron chi connectivity index (χ1n) is 13.2. The number of aliphatic carboxylic acids is 1. The van der Waals surface area contributed by atoms with Crippen molar-refractivity contribution >= 4 is 5.97 Å². The summed E-state index contributed by atoms with van der Waals surface area (Å²) in [6.07, 6.45) is -9.16. The number of rotatable bonds is 7. The lowest BCUT2D eigenvalue weighted by atomic mass is 9.81. The molecule has 5 atom stereocenters. The Morgan fingerprint density at radius 2 is 1.65 bits per heavy atom. The molecule has 0 spiro atoms. The van der Waals surface area contributed by atoms with Gasteiger partial charge in [0, 0.05) is 19.0 Å². The minimum atomic E-state index is -4.97. The van der Waals surface area contributed by atoms with Crippen LogP contribution in [0.2, 0.25) is 0 Å². The van der Waals surface area contributed by atoms with Crippen LogP contribution in [0.3, 0.4) is 0 Å². The molecule has 2 aromatic carbocycles. The molecule has 220 valence electrons. The van der Waals surface area contributed by atoms with Gasteiger partial charge in [-0.2, -0.15) is 26.3 Å². The van der Waals surface area contributed by atoms with Gasteiger partial charge in [-0.3, -0.25) is 4.79 Å². The summed E-state index contributed by atoms with van der Waals surface area (Å²) in [4.78, 5) is 13.9. The number of hydrogen-bond donors (Lipinski definition) is 1. The number of carboxylic acid groups (broad SMARTS) is 1. The Labute approximate surface area is 228 Å². The van der Waals surface area contributed by atoms with Crippen molar-refractivity contribution in [3.8, 4) is 0 Å². The molecule has 1 aliphatic heterocycles. The molecule has 1 aliphatic carbocycles. The molecule has 1 saturated heterocycles. The second kappa shape index (κ2) is 11.3. The molecular weight excluding hydrogens is 543 g/mol. The first-order chi connectivity index (χ1) is 18.6. The van der Waals surface area contributed by atoms with Crippen molar-refractivity contribution in [2.24, 2.45) is 11.3 Å². The van der Waals surface area contributed by atoms with Crippen LogP contribution >= 0.6 is 0 Å². The van der Waals surface area contributed by atoms with E-state index in [9.17, 15) is 40.6 Å². The minimum absolute atomic E-state index is 0.0361. The minimum Gasteiger partial charge on any atom is -0.481 e. The fraction of sp³-hybridized carbons (Fsp3) is 0.552. The van der Waals surface area contributed by atoms with E-state index in [-0.39, 0.29) is 23.5 Å². The van der Waals surface area contributed by atoms with Gasteiger partial charge in [-0.05, 0) is 93.5 Å². The zero-order chi connectivity index (χ0) is 29.5. The van der Waals surface area contributed by atoms with E-state index in [1.54, 1.807) is 19.1 Å². The second-order valence-corrected chi connectivity index (χ2v) is 11.3. The van der Waals surface area contributed by atoms with Crippen LogP contribution in [-0.4, -0.2) is 41.7 Å². The number of piperidine rings is 1. The molecule has 2 fully saturated rings. The summed E-state index contributed by atoms with van der Waals surface area (Å²) < 4.78 is 100. The summed E-state index contributed by atoms with van der Waals surface area (Å²) in [5, 5.41) is 9.70. The van der Waals surface area contributed by atoms with Gasteiger partial charge in [0.2, 0.25) is 0 Å². The standard InChI is InChI=1S/C29H32F7NO3/c1-17(20-12-21(28(31,32)33)14-22(13-20)29(34,35)36)40-24-9-6-19(25(24)18-4-7-23(30)8-5-18)15-37-11-3-10-27(2,16-37)26(38)39/h4-5,7-8,12-14,17,19,24-25H,3,6,9-11,15-16H2,1-2H3,(H,38,39)/t17-,19+,24+,25+,27-/m1/s1. The van der Waals surface area contributed by atoms with Gasteiger partial charge >= 0.3 is 18.3 Å². The van der Waals surface area contributed by atoms with Crippen LogP contribution in [-0.2, 0) is 21.9 Å². The van der Waals surface area contributed by atoms with Gasteiger partial charge in [-0.25, -0.2) is 4.39 Å². The van der Waals surface area contributed by atoms with E-state index in [2.05, 4.69) is 4.90 Å². The Hall–Kier alpha value is -2.66. The van der Waals surface area contributed by atoms with Gasteiger partial charge < -0.3 is 14.7 Å². The molecule has 4 nitrogen and oxygen atoms in total. The Bertz CT molecular complexity index is 1170. The van der Waals surface area contributed by atoms with E-state index < -0.39 is 52.9 Å². The number of carbonyl (C=O) groups is 1. The molecule has 4 rings (SSSR count). The largest absolute Gasteiger partial charge is 0.481 e. The highest BCUT2D eigenvalue weighted by atomic mass is 19.4. The first-order valence-corrected chi connectivity index (χ1v) is 13.2. The monoisotopic (exact) mass is 575 g/mol. The van der Waals surface area contributed by atoms with Crippen molar-refractivity contribution in [1.29, 1.82) is 0 Å². The fourth-order valence-electron chi connectivity index (χ4n) is 6.13. The van der Waals surface area contributed by atoms with E-state index in [1.165, 1.54) is 19.1 Å². The number of alkyl halides is 6. The number of nitrogens with zero attached hydrogens (tertiary/aromatic N) is 1. The maximum atomic E-state index is 13.7. The van der Waals surface area contributed by atoms with Crippen molar-refractivity contribution in [2.45, 2.75) is 70.0 Å².